The molecule has 0 bridgehead atoms. The minimum atomic E-state index is -0.0535. The molecule has 0 aromatic carbocycles. The number of nitrogens with zero attached hydrogens (tertiary/aromatic N) is 3. The topological polar surface area (TPSA) is 56.7 Å². The van der Waals surface area contributed by atoms with Crippen molar-refractivity contribution in [1.29, 1.82) is 0 Å². The molecule has 0 fully saturated rings. The maximum atomic E-state index is 6.26. The first kappa shape index (κ1) is 13.2. The normalized spacial score (nSPS) is 12.7. The molecule has 0 aliphatic carbocycles. The Morgan fingerprint density at radius 3 is 2.83 bits per heavy atom. The standard InChI is InChI=1S/C13H17BrN4/c1-3-18-13(4-9(2)17-18)12(15)6-10-5-11(14)8-16-7-10/h4-5,7-8,12H,3,6,15H2,1-2H3. The van der Waals surface area contributed by atoms with Gasteiger partial charge in [0.15, 0.2) is 0 Å². The van der Waals surface area contributed by atoms with Crippen LogP contribution in [0.25, 0.3) is 0 Å². The van der Waals surface area contributed by atoms with Crippen LogP contribution in [0.1, 0.15) is 29.9 Å². The second-order valence-electron chi connectivity index (χ2n) is 4.35. The molecular formula is C13H17BrN4. The molecule has 4 nitrogen and oxygen atoms in total. The van der Waals surface area contributed by atoms with Crippen LogP contribution in [0.2, 0.25) is 0 Å². The van der Waals surface area contributed by atoms with E-state index in [9.17, 15) is 0 Å². The van der Waals surface area contributed by atoms with Crippen molar-refractivity contribution >= 4 is 15.9 Å². The Bertz CT molecular complexity index is 536. The second kappa shape index (κ2) is 5.63. The maximum Gasteiger partial charge on any atom is 0.0597 e. The third-order valence-corrected chi connectivity index (χ3v) is 3.26. The van der Waals surface area contributed by atoms with Gasteiger partial charge in [0.25, 0.3) is 0 Å². The lowest BCUT2D eigenvalue weighted by atomic mass is 10.1. The predicted molar refractivity (Wildman–Crippen MR) is 75.2 cm³/mol. The largest absolute Gasteiger partial charge is 0.322 e. The van der Waals surface area contributed by atoms with E-state index in [0.29, 0.717) is 0 Å². The Morgan fingerprint density at radius 2 is 2.17 bits per heavy atom. The number of aryl methyl sites for hydroxylation is 2. The van der Waals surface area contributed by atoms with Gasteiger partial charge >= 0.3 is 0 Å². The van der Waals surface area contributed by atoms with Crippen molar-refractivity contribution in [3.05, 3.63) is 46.0 Å². The second-order valence-corrected chi connectivity index (χ2v) is 5.26. The fourth-order valence-electron chi connectivity index (χ4n) is 2.04. The van der Waals surface area contributed by atoms with Crippen molar-refractivity contribution in [1.82, 2.24) is 14.8 Å². The van der Waals surface area contributed by atoms with Gasteiger partial charge in [0, 0.05) is 23.4 Å². The van der Waals surface area contributed by atoms with Crippen LogP contribution < -0.4 is 5.73 Å². The summed E-state index contributed by atoms with van der Waals surface area (Å²) in [5.41, 5.74) is 9.47. The van der Waals surface area contributed by atoms with E-state index in [4.69, 9.17) is 5.73 Å². The number of rotatable bonds is 4. The Balaban J connectivity index is 2.18. The van der Waals surface area contributed by atoms with Gasteiger partial charge in [0.2, 0.25) is 0 Å². The van der Waals surface area contributed by atoms with Gasteiger partial charge in [-0.15, -0.1) is 0 Å². The lowest BCUT2D eigenvalue weighted by Gasteiger charge is -2.13. The molecule has 0 radical (unpaired) electrons. The Hall–Kier alpha value is -1.20. The summed E-state index contributed by atoms with van der Waals surface area (Å²) in [6.07, 6.45) is 4.39. The summed E-state index contributed by atoms with van der Waals surface area (Å²) in [5.74, 6) is 0. The lowest BCUT2D eigenvalue weighted by molar-refractivity contribution is 0.566. The Morgan fingerprint density at radius 1 is 1.39 bits per heavy atom. The first-order chi connectivity index (χ1) is 8.60. The number of nitrogens with two attached hydrogens (primary N) is 1. The fourth-order valence-corrected chi connectivity index (χ4v) is 2.46. The Kier molecular flexibility index (Phi) is 4.14. The van der Waals surface area contributed by atoms with E-state index in [2.05, 4.69) is 39.0 Å². The Labute approximate surface area is 115 Å². The van der Waals surface area contributed by atoms with Crippen molar-refractivity contribution < 1.29 is 0 Å². The van der Waals surface area contributed by atoms with E-state index in [-0.39, 0.29) is 6.04 Å². The highest BCUT2D eigenvalue weighted by molar-refractivity contribution is 9.10. The van der Waals surface area contributed by atoms with Gasteiger partial charge in [-0.3, -0.25) is 9.67 Å². The third-order valence-electron chi connectivity index (χ3n) is 2.83. The molecule has 0 saturated carbocycles. The molecule has 2 N–H and O–H groups in total. The van der Waals surface area contributed by atoms with Crippen LogP contribution in [0.5, 0.6) is 0 Å². The third kappa shape index (κ3) is 2.97. The molecule has 1 atom stereocenters. The van der Waals surface area contributed by atoms with Gasteiger partial charge in [0.1, 0.15) is 0 Å². The molecule has 2 rings (SSSR count). The van der Waals surface area contributed by atoms with Crippen LogP contribution in [-0.4, -0.2) is 14.8 Å². The molecule has 2 aromatic heterocycles. The minimum absolute atomic E-state index is 0.0535. The van der Waals surface area contributed by atoms with Gasteiger partial charge in [0.05, 0.1) is 17.4 Å². The van der Waals surface area contributed by atoms with Crippen molar-refractivity contribution in [2.24, 2.45) is 5.73 Å². The summed E-state index contributed by atoms with van der Waals surface area (Å²) in [6, 6.07) is 4.05. The lowest BCUT2D eigenvalue weighted by Crippen LogP contribution is -2.18. The van der Waals surface area contributed by atoms with E-state index < -0.39 is 0 Å². The van der Waals surface area contributed by atoms with E-state index >= 15 is 0 Å². The average Bonchev–Trinajstić information content (AvgIpc) is 2.70. The van der Waals surface area contributed by atoms with E-state index in [0.717, 1.165) is 34.4 Å². The quantitative estimate of drug-likeness (QED) is 0.944. The van der Waals surface area contributed by atoms with E-state index in [1.807, 2.05) is 23.9 Å². The fraction of sp³-hybridized carbons (Fsp3) is 0.385. The number of hydrogen-bond donors (Lipinski definition) is 1. The van der Waals surface area contributed by atoms with Crippen LogP contribution in [0.4, 0.5) is 0 Å². The monoisotopic (exact) mass is 308 g/mol. The minimum Gasteiger partial charge on any atom is -0.322 e. The zero-order valence-electron chi connectivity index (χ0n) is 10.6. The first-order valence-electron chi connectivity index (χ1n) is 5.99. The number of halogens is 1. The molecule has 18 heavy (non-hydrogen) atoms. The highest BCUT2D eigenvalue weighted by Gasteiger charge is 2.13. The summed E-state index contributed by atoms with van der Waals surface area (Å²) in [4.78, 5) is 4.15. The van der Waals surface area contributed by atoms with Crippen LogP contribution >= 0.6 is 15.9 Å². The molecule has 96 valence electrons. The molecule has 2 aromatic rings. The van der Waals surface area contributed by atoms with Gasteiger partial charge in [-0.1, -0.05) is 0 Å². The van der Waals surface area contributed by atoms with Gasteiger partial charge in [-0.25, -0.2) is 0 Å². The van der Waals surface area contributed by atoms with Crippen LogP contribution in [0.15, 0.2) is 29.0 Å². The first-order valence-corrected chi connectivity index (χ1v) is 6.78. The summed E-state index contributed by atoms with van der Waals surface area (Å²) < 4.78 is 2.94. The zero-order chi connectivity index (χ0) is 13.1. The smallest absolute Gasteiger partial charge is 0.0597 e. The molecular weight excluding hydrogens is 292 g/mol. The predicted octanol–water partition coefficient (Wildman–Crippen LogP) is 2.61. The molecule has 0 aliphatic rings. The molecule has 0 spiro atoms. The van der Waals surface area contributed by atoms with Gasteiger partial charge in [-0.2, -0.15) is 5.10 Å². The molecule has 5 heteroatoms. The summed E-state index contributed by atoms with van der Waals surface area (Å²) >= 11 is 3.42. The number of aromatic nitrogens is 3. The van der Waals surface area contributed by atoms with Crippen molar-refractivity contribution in [2.45, 2.75) is 32.9 Å². The zero-order valence-corrected chi connectivity index (χ0v) is 12.2. The molecule has 0 aliphatic heterocycles. The van der Waals surface area contributed by atoms with Crippen molar-refractivity contribution in [2.75, 3.05) is 0 Å². The molecule has 2 heterocycles. The highest BCUT2D eigenvalue weighted by Crippen LogP contribution is 2.19. The van der Waals surface area contributed by atoms with E-state index in [1.165, 1.54) is 0 Å². The number of pyridine rings is 1. The molecule has 0 saturated heterocycles. The average molecular weight is 309 g/mol. The maximum absolute atomic E-state index is 6.26. The van der Waals surface area contributed by atoms with Gasteiger partial charge in [-0.05, 0) is 53.9 Å². The van der Waals surface area contributed by atoms with Crippen molar-refractivity contribution in [3.8, 4) is 0 Å². The van der Waals surface area contributed by atoms with Gasteiger partial charge < -0.3 is 5.73 Å². The number of hydrogen-bond acceptors (Lipinski definition) is 3. The summed E-state index contributed by atoms with van der Waals surface area (Å²) in [6.45, 7) is 4.90. The highest BCUT2D eigenvalue weighted by atomic mass is 79.9. The van der Waals surface area contributed by atoms with Crippen molar-refractivity contribution in [3.63, 3.8) is 0 Å². The van der Waals surface area contributed by atoms with Crippen LogP contribution in [-0.2, 0) is 13.0 Å². The summed E-state index contributed by atoms with van der Waals surface area (Å²) in [5, 5.41) is 4.42. The molecule has 1 unspecified atom stereocenters. The van der Waals surface area contributed by atoms with E-state index in [1.54, 1.807) is 6.20 Å². The molecule has 0 amide bonds. The SMILES string of the molecule is CCn1nc(C)cc1C(N)Cc1cncc(Br)c1. The summed E-state index contributed by atoms with van der Waals surface area (Å²) in [7, 11) is 0. The van der Waals surface area contributed by atoms with Crippen LogP contribution in [0, 0.1) is 6.92 Å². The van der Waals surface area contributed by atoms with Crippen LogP contribution in [0.3, 0.4) is 0 Å².